The molecule has 0 aromatic heterocycles. The van der Waals surface area contributed by atoms with Crippen LogP contribution in [0.15, 0.2) is 59.5 Å². The molecule has 0 unspecified atom stereocenters. The summed E-state index contributed by atoms with van der Waals surface area (Å²) in [7, 11) is -2.41. The molecule has 7 nitrogen and oxygen atoms in total. The van der Waals surface area contributed by atoms with Crippen molar-refractivity contribution in [3.63, 3.8) is 0 Å². The van der Waals surface area contributed by atoms with E-state index in [4.69, 9.17) is 9.47 Å². The number of sulfonamides is 1. The van der Waals surface area contributed by atoms with E-state index < -0.39 is 10.0 Å². The molecule has 1 N–H and O–H groups in total. The van der Waals surface area contributed by atoms with Crippen molar-refractivity contribution in [2.24, 2.45) is 0 Å². The van der Waals surface area contributed by atoms with Crippen LogP contribution < -0.4 is 14.4 Å². The maximum absolute atomic E-state index is 13.3. The zero-order valence-electron chi connectivity index (χ0n) is 17.8. The van der Waals surface area contributed by atoms with Crippen LogP contribution >= 0.6 is 0 Å². The standard InChI is InChI=1S/C23H30N2O5S/c1-29-20-12-14-22(15-13-20)31(27,28)25(19-8-3-2-4-9-19)18-23(26)24-16-7-17-30-21-10-5-6-11-21/h2-4,8-9,12-15,21H,5-7,10-11,16-18H2,1H3,(H,24,26). The van der Waals surface area contributed by atoms with E-state index in [-0.39, 0.29) is 17.3 Å². The van der Waals surface area contributed by atoms with E-state index in [1.165, 1.54) is 32.1 Å². The molecule has 2 aromatic rings. The molecule has 0 bridgehead atoms. The number of benzene rings is 2. The van der Waals surface area contributed by atoms with Crippen LogP contribution in [-0.2, 0) is 19.6 Å². The highest BCUT2D eigenvalue weighted by molar-refractivity contribution is 7.92. The van der Waals surface area contributed by atoms with Crippen LogP contribution in [-0.4, -0.2) is 47.2 Å². The van der Waals surface area contributed by atoms with Gasteiger partial charge in [0, 0.05) is 13.2 Å². The fraction of sp³-hybridized carbons (Fsp3) is 0.435. The number of hydrogen-bond acceptors (Lipinski definition) is 5. The van der Waals surface area contributed by atoms with Crippen LogP contribution in [0.2, 0.25) is 0 Å². The Kier molecular flexibility index (Phi) is 8.31. The summed E-state index contributed by atoms with van der Waals surface area (Å²) in [5.41, 5.74) is 0.429. The number of anilines is 1. The normalized spacial score (nSPS) is 14.4. The van der Waals surface area contributed by atoms with Crippen LogP contribution in [0.4, 0.5) is 5.69 Å². The van der Waals surface area contributed by atoms with Crippen molar-refractivity contribution in [3.8, 4) is 5.75 Å². The van der Waals surface area contributed by atoms with Gasteiger partial charge in [-0.15, -0.1) is 0 Å². The molecule has 0 spiro atoms. The molecular weight excluding hydrogens is 416 g/mol. The zero-order chi connectivity index (χ0) is 22.1. The number of carbonyl (C=O) groups excluding carboxylic acids is 1. The van der Waals surface area contributed by atoms with Crippen molar-refractivity contribution < 1.29 is 22.7 Å². The molecule has 0 aliphatic heterocycles. The predicted molar refractivity (Wildman–Crippen MR) is 120 cm³/mol. The van der Waals surface area contributed by atoms with Gasteiger partial charge >= 0.3 is 0 Å². The van der Waals surface area contributed by atoms with E-state index in [0.717, 1.165) is 17.1 Å². The second-order valence-corrected chi connectivity index (χ2v) is 9.37. The van der Waals surface area contributed by atoms with Gasteiger partial charge in [-0.05, 0) is 55.7 Å². The van der Waals surface area contributed by atoms with Crippen LogP contribution in [0.3, 0.4) is 0 Å². The second-order valence-electron chi connectivity index (χ2n) is 7.50. The van der Waals surface area contributed by atoms with Crippen molar-refractivity contribution in [1.29, 1.82) is 0 Å². The Morgan fingerprint density at radius 1 is 1.06 bits per heavy atom. The van der Waals surface area contributed by atoms with E-state index in [9.17, 15) is 13.2 Å². The maximum Gasteiger partial charge on any atom is 0.264 e. The average molecular weight is 447 g/mol. The van der Waals surface area contributed by atoms with Gasteiger partial charge in [0.15, 0.2) is 0 Å². The number of ether oxygens (including phenoxy) is 2. The molecule has 0 saturated heterocycles. The van der Waals surface area contributed by atoms with Crippen LogP contribution in [0.1, 0.15) is 32.1 Å². The lowest BCUT2D eigenvalue weighted by atomic mass is 10.3. The topological polar surface area (TPSA) is 84.9 Å². The first-order valence-corrected chi connectivity index (χ1v) is 12.0. The minimum absolute atomic E-state index is 0.0925. The van der Waals surface area contributed by atoms with Gasteiger partial charge in [-0.1, -0.05) is 31.0 Å². The molecule has 8 heteroatoms. The minimum Gasteiger partial charge on any atom is -0.497 e. The minimum atomic E-state index is -3.93. The number of rotatable bonds is 11. The van der Waals surface area contributed by atoms with Gasteiger partial charge < -0.3 is 14.8 Å². The molecule has 0 atom stereocenters. The number of nitrogens with zero attached hydrogens (tertiary/aromatic N) is 1. The van der Waals surface area contributed by atoms with Gasteiger partial charge in [-0.2, -0.15) is 0 Å². The monoisotopic (exact) mass is 446 g/mol. The number of carbonyl (C=O) groups is 1. The summed E-state index contributed by atoms with van der Waals surface area (Å²) in [4.78, 5) is 12.6. The van der Waals surface area contributed by atoms with Gasteiger partial charge in [0.2, 0.25) is 5.91 Å². The van der Waals surface area contributed by atoms with Crippen molar-refractivity contribution in [2.45, 2.75) is 43.1 Å². The molecule has 1 fully saturated rings. The number of amides is 1. The van der Waals surface area contributed by atoms with Gasteiger partial charge in [0.1, 0.15) is 12.3 Å². The van der Waals surface area contributed by atoms with Gasteiger partial charge in [-0.25, -0.2) is 8.42 Å². The Labute approximate surface area is 184 Å². The summed E-state index contributed by atoms with van der Waals surface area (Å²) in [5, 5.41) is 2.81. The number of hydrogen-bond donors (Lipinski definition) is 1. The van der Waals surface area contributed by atoms with Crippen molar-refractivity contribution in [2.75, 3.05) is 31.1 Å². The Morgan fingerprint density at radius 3 is 2.39 bits per heavy atom. The molecular formula is C23H30N2O5S. The van der Waals surface area contributed by atoms with Gasteiger partial charge in [-0.3, -0.25) is 9.10 Å². The van der Waals surface area contributed by atoms with E-state index in [0.29, 0.717) is 37.1 Å². The zero-order valence-corrected chi connectivity index (χ0v) is 18.6. The lowest BCUT2D eigenvalue weighted by Gasteiger charge is -2.24. The summed E-state index contributed by atoms with van der Waals surface area (Å²) >= 11 is 0. The summed E-state index contributed by atoms with van der Waals surface area (Å²) in [6.07, 6.45) is 5.71. The molecule has 1 saturated carbocycles. The van der Waals surface area contributed by atoms with E-state index in [1.54, 1.807) is 42.5 Å². The molecule has 1 amide bonds. The molecule has 31 heavy (non-hydrogen) atoms. The van der Waals surface area contributed by atoms with Crippen molar-refractivity contribution >= 4 is 21.6 Å². The highest BCUT2D eigenvalue weighted by Crippen LogP contribution is 2.25. The SMILES string of the molecule is COc1ccc(S(=O)(=O)N(CC(=O)NCCCOC2CCCC2)c2ccccc2)cc1. The molecule has 0 heterocycles. The summed E-state index contributed by atoms with van der Waals surface area (Å²) < 4.78 is 38.6. The molecule has 168 valence electrons. The van der Waals surface area contributed by atoms with E-state index in [2.05, 4.69) is 5.32 Å². The van der Waals surface area contributed by atoms with Gasteiger partial charge in [0.05, 0.1) is 23.8 Å². The lowest BCUT2D eigenvalue weighted by Crippen LogP contribution is -2.41. The third-order valence-electron chi connectivity index (χ3n) is 5.28. The molecule has 1 aliphatic rings. The largest absolute Gasteiger partial charge is 0.497 e. The number of methoxy groups -OCH3 is 1. The molecule has 1 aliphatic carbocycles. The van der Waals surface area contributed by atoms with E-state index >= 15 is 0 Å². The summed E-state index contributed by atoms with van der Waals surface area (Å²) in [6.45, 7) is 0.732. The number of nitrogens with one attached hydrogen (secondary N) is 1. The van der Waals surface area contributed by atoms with Crippen LogP contribution in [0.25, 0.3) is 0 Å². The van der Waals surface area contributed by atoms with Crippen LogP contribution in [0.5, 0.6) is 5.75 Å². The van der Waals surface area contributed by atoms with Crippen molar-refractivity contribution in [1.82, 2.24) is 5.32 Å². The Bertz CT molecular complexity index is 926. The van der Waals surface area contributed by atoms with Gasteiger partial charge in [0.25, 0.3) is 10.0 Å². The first-order valence-electron chi connectivity index (χ1n) is 10.6. The predicted octanol–water partition coefficient (Wildman–Crippen LogP) is 3.36. The highest BCUT2D eigenvalue weighted by Gasteiger charge is 2.27. The van der Waals surface area contributed by atoms with E-state index in [1.807, 2.05) is 0 Å². The Morgan fingerprint density at radius 2 is 1.74 bits per heavy atom. The lowest BCUT2D eigenvalue weighted by molar-refractivity contribution is -0.119. The first-order chi connectivity index (χ1) is 15.0. The third-order valence-corrected chi connectivity index (χ3v) is 7.07. The third kappa shape index (κ3) is 6.45. The molecule has 0 radical (unpaired) electrons. The second kappa shape index (κ2) is 11.2. The maximum atomic E-state index is 13.3. The fourth-order valence-electron chi connectivity index (χ4n) is 3.58. The Balaban J connectivity index is 1.62. The summed E-state index contributed by atoms with van der Waals surface area (Å²) in [6, 6.07) is 14.7. The molecule has 3 rings (SSSR count). The first kappa shape index (κ1) is 23.1. The summed E-state index contributed by atoms with van der Waals surface area (Å²) in [5.74, 6) is 0.199. The number of para-hydroxylation sites is 1. The Hall–Kier alpha value is -2.58. The molecule has 2 aromatic carbocycles. The van der Waals surface area contributed by atoms with Crippen LogP contribution in [0, 0.1) is 0 Å². The highest BCUT2D eigenvalue weighted by atomic mass is 32.2. The smallest absolute Gasteiger partial charge is 0.264 e. The quantitative estimate of drug-likeness (QED) is 0.535. The van der Waals surface area contributed by atoms with Crippen molar-refractivity contribution in [3.05, 3.63) is 54.6 Å². The average Bonchev–Trinajstić information content (AvgIpc) is 3.31. The fourth-order valence-corrected chi connectivity index (χ4v) is 5.00.